The summed E-state index contributed by atoms with van der Waals surface area (Å²) in [6.45, 7) is 4.31. The normalized spacial score (nSPS) is 15.8. The van der Waals surface area contributed by atoms with E-state index in [4.69, 9.17) is 10.7 Å². The van der Waals surface area contributed by atoms with Gasteiger partial charge in [0.25, 0.3) is 0 Å². The van der Waals surface area contributed by atoms with E-state index in [1.54, 1.807) is 0 Å². The lowest BCUT2D eigenvalue weighted by atomic mass is 10.0. The van der Waals surface area contributed by atoms with Crippen molar-refractivity contribution in [1.29, 1.82) is 0 Å². The summed E-state index contributed by atoms with van der Waals surface area (Å²) in [5.74, 6) is 0.449. The van der Waals surface area contributed by atoms with Crippen molar-refractivity contribution in [1.82, 2.24) is 4.98 Å². The lowest BCUT2D eigenvalue weighted by Gasteiger charge is -2.11. The first-order valence-electron chi connectivity index (χ1n) is 5.98. The van der Waals surface area contributed by atoms with Crippen molar-refractivity contribution in [2.75, 3.05) is 0 Å². The van der Waals surface area contributed by atoms with Gasteiger partial charge in [0.05, 0.1) is 11.7 Å². The SMILES string of the molecule is CC(C)C(N)c1nc2c(s1)CCc1sccc1-2. The Balaban J connectivity index is 2.05. The van der Waals surface area contributed by atoms with E-state index in [2.05, 4.69) is 25.3 Å². The van der Waals surface area contributed by atoms with Crippen molar-refractivity contribution in [2.45, 2.75) is 32.7 Å². The van der Waals surface area contributed by atoms with E-state index in [0.29, 0.717) is 5.92 Å². The molecule has 1 aliphatic rings. The summed E-state index contributed by atoms with van der Waals surface area (Å²) in [6, 6.07) is 2.27. The predicted molar refractivity (Wildman–Crippen MR) is 74.6 cm³/mol. The van der Waals surface area contributed by atoms with Gasteiger partial charge in [0.1, 0.15) is 5.01 Å². The maximum Gasteiger partial charge on any atom is 0.111 e. The maximum atomic E-state index is 6.20. The minimum atomic E-state index is 0.0766. The van der Waals surface area contributed by atoms with Crippen LogP contribution in [0.2, 0.25) is 0 Å². The van der Waals surface area contributed by atoms with Crippen molar-refractivity contribution < 1.29 is 0 Å². The van der Waals surface area contributed by atoms with Crippen LogP contribution in [0.3, 0.4) is 0 Å². The van der Waals surface area contributed by atoms with Crippen LogP contribution in [0.25, 0.3) is 11.3 Å². The minimum absolute atomic E-state index is 0.0766. The molecule has 90 valence electrons. The zero-order chi connectivity index (χ0) is 12.0. The largest absolute Gasteiger partial charge is 0.322 e. The Labute approximate surface area is 110 Å². The molecule has 0 bridgehead atoms. The van der Waals surface area contributed by atoms with Crippen molar-refractivity contribution in [3.8, 4) is 11.3 Å². The molecule has 3 rings (SSSR count). The summed E-state index contributed by atoms with van der Waals surface area (Å²) in [7, 11) is 0. The predicted octanol–water partition coefficient (Wildman–Crippen LogP) is 3.63. The third-order valence-electron chi connectivity index (χ3n) is 3.30. The Morgan fingerprint density at radius 1 is 1.29 bits per heavy atom. The average Bonchev–Trinajstić information content (AvgIpc) is 2.92. The lowest BCUT2D eigenvalue weighted by molar-refractivity contribution is 0.512. The molecule has 2 aromatic heterocycles. The van der Waals surface area contributed by atoms with Crippen LogP contribution in [0.1, 0.15) is 34.7 Å². The first-order chi connectivity index (χ1) is 8.16. The maximum absolute atomic E-state index is 6.20. The Morgan fingerprint density at radius 3 is 2.82 bits per heavy atom. The number of aromatic nitrogens is 1. The summed E-state index contributed by atoms with van der Waals surface area (Å²) >= 11 is 3.65. The smallest absolute Gasteiger partial charge is 0.111 e. The number of hydrogen-bond donors (Lipinski definition) is 1. The Bertz CT molecular complexity index is 539. The molecule has 0 spiro atoms. The van der Waals surface area contributed by atoms with Crippen molar-refractivity contribution in [3.05, 3.63) is 26.2 Å². The monoisotopic (exact) mass is 264 g/mol. The number of fused-ring (bicyclic) bond motifs is 3. The van der Waals surface area contributed by atoms with Crippen LogP contribution in [0, 0.1) is 5.92 Å². The van der Waals surface area contributed by atoms with Crippen LogP contribution in [0.5, 0.6) is 0 Å². The Morgan fingerprint density at radius 2 is 2.06 bits per heavy atom. The van der Waals surface area contributed by atoms with Gasteiger partial charge in [-0.25, -0.2) is 4.98 Å². The molecule has 0 fully saturated rings. The molecule has 0 amide bonds. The molecule has 0 aliphatic heterocycles. The number of nitrogens with zero attached hydrogens (tertiary/aromatic N) is 1. The van der Waals surface area contributed by atoms with Crippen LogP contribution in [0.15, 0.2) is 11.4 Å². The Hall–Kier alpha value is -0.710. The number of aryl methyl sites for hydroxylation is 2. The number of nitrogens with two attached hydrogens (primary N) is 1. The molecule has 2 aromatic rings. The fourth-order valence-corrected chi connectivity index (χ4v) is 4.28. The average molecular weight is 264 g/mol. The van der Waals surface area contributed by atoms with Crippen molar-refractivity contribution in [3.63, 3.8) is 0 Å². The third-order valence-corrected chi connectivity index (χ3v) is 5.49. The number of rotatable bonds is 2. The number of thiophene rings is 1. The van der Waals surface area contributed by atoms with Gasteiger partial charge in [-0.2, -0.15) is 0 Å². The van der Waals surface area contributed by atoms with Crippen LogP contribution in [-0.2, 0) is 12.8 Å². The second-order valence-electron chi connectivity index (χ2n) is 4.85. The molecule has 0 radical (unpaired) electrons. The summed E-state index contributed by atoms with van der Waals surface area (Å²) in [4.78, 5) is 7.68. The van der Waals surface area contributed by atoms with Crippen LogP contribution in [-0.4, -0.2) is 4.98 Å². The third kappa shape index (κ3) is 1.84. The van der Waals surface area contributed by atoms with E-state index in [1.807, 2.05) is 22.7 Å². The standard InChI is InChI=1S/C13H16N2S2/c1-7(2)11(14)13-15-12-8-5-6-16-9(8)3-4-10(12)17-13/h5-7,11H,3-4,14H2,1-2H3. The van der Waals surface area contributed by atoms with Gasteiger partial charge in [-0.15, -0.1) is 22.7 Å². The first-order valence-corrected chi connectivity index (χ1v) is 7.68. The van der Waals surface area contributed by atoms with Gasteiger partial charge in [0.2, 0.25) is 0 Å². The molecule has 17 heavy (non-hydrogen) atoms. The molecule has 4 heteroatoms. The summed E-state index contributed by atoms with van der Waals surface area (Å²) in [6.07, 6.45) is 2.30. The fourth-order valence-electron chi connectivity index (χ4n) is 2.15. The van der Waals surface area contributed by atoms with E-state index in [1.165, 1.54) is 27.4 Å². The van der Waals surface area contributed by atoms with E-state index in [-0.39, 0.29) is 6.04 Å². The zero-order valence-corrected chi connectivity index (χ0v) is 11.7. The van der Waals surface area contributed by atoms with Gasteiger partial charge in [-0.1, -0.05) is 13.8 Å². The second kappa shape index (κ2) is 4.19. The first kappa shape index (κ1) is 11.4. The highest BCUT2D eigenvalue weighted by atomic mass is 32.1. The number of thiazole rings is 1. The summed E-state index contributed by atoms with van der Waals surface area (Å²) in [5.41, 5.74) is 8.74. The quantitative estimate of drug-likeness (QED) is 0.899. The highest BCUT2D eigenvalue weighted by Gasteiger charge is 2.24. The minimum Gasteiger partial charge on any atom is -0.322 e. The molecular weight excluding hydrogens is 248 g/mol. The van der Waals surface area contributed by atoms with Crippen LogP contribution >= 0.6 is 22.7 Å². The van der Waals surface area contributed by atoms with E-state index in [0.717, 1.165) is 11.4 Å². The van der Waals surface area contributed by atoms with E-state index >= 15 is 0 Å². The molecule has 1 aliphatic carbocycles. The van der Waals surface area contributed by atoms with Gasteiger partial charge < -0.3 is 5.73 Å². The molecule has 1 atom stereocenters. The highest BCUT2D eigenvalue weighted by molar-refractivity contribution is 7.12. The van der Waals surface area contributed by atoms with Crippen LogP contribution < -0.4 is 5.73 Å². The van der Waals surface area contributed by atoms with Gasteiger partial charge in [-0.05, 0) is 30.2 Å². The topological polar surface area (TPSA) is 38.9 Å². The van der Waals surface area contributed by atoms with Gasteiger partial charge in [0.15, 0.2) is 0 Å². The second-order valence-corrected chi connectivity index (χ2v) is 6.97. The van der Waals surface area contributed by atoms with Crippen molar-refractivity contribution >= 4 is 22.7 Å². The van der Waals surface area contributed by atoms with Gasteiger partial charge in [-0.3, -0.25) is 0 Å². The van der Waals surface area contributed by atoms with Crippen LogP contribution in [0.4, 0.5) is 0 Å². The number of hydrogen-bond acceptors (Lipinski definition) is 4. The summed E-state index contributed by atoms with van der Waals surface area (Å²) < 4.78 is 0. The molecule has 0 saturated heterocycles. The Kier molecular flexibility index (Phi) is 2.81. The molecule has 2 nitrogen and oxygen atoms in total. The van der Waals surface area contributed by atoms with E-state index < -0.39 is 0 Å². The lowest BCUT2D eigenvalue weighted by Crippen LogP contribution is -2.16. The molecular formula is C13H16N2S2. The molecule has 0 saturated carbocycles. The summed E-state index contributed by atoms with van der Waals surface area (Å²) in [5, 5.41) is 3.27. The molecule has 2 heterocycles. The van der Waals surface area contributed by atoms with Gasteiger partial charge >= 0.3 is 0 Å². The highest BCUT2D eigenvalue weighted by Crippen LogP contribution is 2.40. The van der Waals surface area contributed by atoms with Crippen molar-refractivity contribution in [2.24, 2.45) is 11.7 Å². The molecule has 1 unspecified atom stereocenters. The molecule has 0 aromatic carbocycles. The zero-order valence-electron chi connectivity index (χ0n) is 10.1. The molecule has 2 N–H and O–H groups in total. The fraction of sp³-hybridized carbons (Fsp3) is 0.462. The van der Waals surface area contributed by atoms with Gasteiger partial charge in [0, 0.05) is 15.3 Å². The van der Waals surface area contributed by atoms with E-state index in [9.17, 15) is 0 Å².